The summed E-state index contributed by atoms with van der Waals surface area (Å²) >= 11 is 0. The van der Waals surface area contributed by atoms with Crippen LogP contribution in [-0.2, 0) is 0 Å². The van der Waals surface area contributed by atoms with Gasteiger partial charge in [0.25, 0.3) is 0 Å². The Labute approximate surface area is 114 Å². The van der Waals surface area contributed by atoms with Gasteiger partial charge in [0.05, 0.1) is 6.10 Å². The molecule has 1 N–H and O–H groups in total. The minimum atomic E-state index is -0.00260. The summed E-state index contributed by atoms with van der Waals surface area (Å²) in [6, 6.07) is 0. The van der Waals surface area contributed by atoms with Crippen molar-refractivity contribution in [3.63, 3.8) is 0 Å². The second-order valence-corrected chi connectivity index (χ2v) is 6.32. The number of unbranched alkanes of at least 4 members (excludes halogenated alkanes) is 6. The molecule has 3 unspecified atom stereocenters. The Morgan fingerprint density at radius 1 is 0.944 bits per heavy atom. The van der Waals surface area contributed by atoms with Crippen LogP contribution in [0.25, 0.3) is 0 Å². The van der Waals surface area contributed by atoms with Gasteiger partial charge in [0.1, 0.15) is 0 Å². The van der Waals surface area contributed by atoms with Gasteiger partial charge in [-0.1, -0.05) is 71.6 Å². The highest BCUT2D eigenvalue weighted by Crippen LogP contribution is 2.36. The maximum Gasteiger partial charge on any atom is 0.0568 e. The van der Waals surface area contributed by atoms with E-state index in [1.807, 2.05) is 0 Å². The predicted molar refractivity (Wildman–Crippen MR) is 79.7 cm³/mol. The molecule has 18 heavy (non-hydrogen) atoms. The third-order valence-electron chi connectivity index (χ3n) is 4.81. The van der Waals surface area contributed by atoms with Crippen LogP contribution in [0.3, 0.4) is 0 Å². The Balaban J connectivity index is 1.95. The summed E-state index contributed by atoms with van der Waals surface area (Å²) in [4.78, 5) is 0. The summed E-state index contributed by atoms with van der Waals surface area (Å²) < 4.78 is 0. The van der Waals surface area contributed by atoms with E-state index in [0.29, 0.717) is 5.92 Å². The average molecular weight is 254 g/mol. The first-order chi connectivity index (χ1) is 8.77. The molecule has 0 amide bonds. The standard InChI is InChI=1S/C17H34O/c1-3-5-6-7-8-9-10-11-17(18)16-13-12-15(4-2)14-16/h15-18H,3-14H2,1-2H3. The van der Waals surface area contributed by atoms with Crippen LogP contribution in [0, 0.1) is 11.8 Å². The zero-order chi connectivity index (χ0) is 13.2. The van der Waals surface area contributed by atoms with Crippen molar-refractivity contribution in [3.8, 4) is 0 Å². The summed E-state index contributed by atoms with van der Waals surface area (Å²) in [5.41, 5.74) is 0. The molecule has 1 nitrogen and oxygen atoms in total. The molecule has 1 aliphatic carbocycles. The van der Waals surface area contributed by atoms with Crippen molar-refractivity contribution >= 4 is 0 Å². The third kappa shape index (κ3) is 6.22. The fourth-order valence-electron chi connectivity index (χ4n) is 3.38. The summed E-state index contributed by atoms with van der Waals surface area (Å²) in [6.45, 7) is 4.55. The summed E-state index contributed by atoms with van der Waals surface area (Å²) in [6.07, 6.45) is 15.7. The van der Waals surface area contributed by atoms with Crippen LogP contribution in [0.1, 0.15) is 90.9 Å². The summed E-state index contributed by atoms with van der Waals surface area (Å²) in [5, 5.41) is 10.2. The Morgan fingerprint density at radius 2 is 1.61 bits per heavy atom. The number of rotatable bonds is 10. The van der Waals surface area contributed by atoms with Crippen LogP contribution in [-0.4, -0.2) is 11.2 Å². The Morgan fingerprint density at radius 3 is 2.22 bits per heavy atom. The van der Waals surface area contributed by atoms with Gasteiger partial charge in [0, 0.05) is 0 Å². The van der Waals surface area contributed by atoms with E-state index in [4.69, 9.17) is 0 Å². The van der Waals surface area contributed by atoms with Crippen LogP contribution < -0.4 is 0 Å². The highest BCUT2D eigenvalue weighted by atomic mass is 16.3. The Hall–Kier alpha value is -0.0400. The van der Waals surface area contributed by atoms with E-state index in [-0.39, 0.29) is 6.10 Å². The van der Waals surface area contributed by atoms with Crippen molar-refractivity contribution in [3.05, 3.63) is 0 Å². The lowest BCUT2D eigenvalue weighted by atomic mass is 9.94. The molecule has 0 aromatic heterocycles. The van der Waals surface area contributed by atoms with Crippen LogP contribution in [0.15, 0.2) is 0 Å². The molecule has 1 aliphatic rings. The van der Waals surface area contributed by atoms with Gasteiger partial charge < -0.3 is 5.11 Å². The van der Waals surface area contributed by atoms with Crippen LogP contribution >= 0.6 is 0 Å². The fraction of sp³-hybridized carbons (Fsp3) is 1.00. The molecule has 1 heteroatoms. The number of aliphatic hydroxyl groups is 1. The van der Waals surface area contributed by atoms with E-state index in [1.54, 1.807) is 0 Å². The molecule has 0 spiro atoms. The molecule has 0 saturated heterocycles. The monoisotopic (exact) mass is 254 g/mol. The lowest BCUT2D eigenvalue weighted by Crippen LogP contribution is -2.17. The molecule has 1 saturated carbocycles. The van der Waals surface area contributed by atoms with Crippen molar-refractivity contribution in [2.75, 3.05) is 0 Å². The molecule has 0 aliphatic heterocycles. The lowest BCUT2D eigenvalue weighted by Gasteiger charge is -2.18. The molecule has 0 aromatic rings. The van der Waals surface area contributed by atoms with Gasteiger partial charge in [0.2, 0.25) is 0 Å². The van der Waals surface area contributed by atoms with Crippen molar-refractivity contribution in [1.82, 2.24) is 0 Å². The van der Waals surface area contributed by atoms with Crippen molar-refractivity contribution in [2.24, 2.45) is 11.8 Å². The molecular formula is C17H34O. The molecule has 1 fully saturated rings. The fourth-order valence-corrected chi connectivity index (χ4v) is 3.38. The van der Waals surface area contributed by atoms with Gasteiger partial charge in [-0.15, -0.1) is 0 Å². The third-order valence-corrected chi connectivity index (χ3v) is 4.81. The number of hydrogen-bond donors (Lipinski definition) is 1. The molecule has 1 rings (SSSR count). The zero-order valence-corrected chi connectivity index (χ0v) is 12.7. The highest BCUT2D eigenvalue weighted by Gasteiger charge is 2.28. The first-order valence-electron chi connectivity index (χ1n) is 8.46. The zero-order valence-electron chi connectivity index (χ0n) is 12.7. The van der Waals surface area contributed by atoms with Crippen LogP contribution in [0.2, 0.25) is 0 Å². The van der Waals surface area contributed by atoms with Gasteiger partial charge in [-0.05, 0) is 31.1 Å². The Bertz CT molecular complexity index is 190. The molecule has 108 valence electrons. The highest BCUT2D eigenvalue weighted by molar-refractivity contribution is 4.79. The van der Waals surface area contributed by atoms with E-state index in [1.165, 1.54) is 70.6 Å². The van der Waals surface area contributed by atoms with Gasteiger partial charge in [-0.2, -0.15) is 0 Å². The largest absolute Gasteiger partial charge is 0.393 e. The topological polar surface area (TPSA) is 20.2 Å². The van der Waals surface area contributed by atoms with E-state index in [0.717, 1.165) is 12.3 Å². The molecule has 0 bridgehead atoms. The first-order valence-corrected chi connectivity index (χ1v) is 8.46. The summed E-state index contributed by atoms with van der Waals surface area (Å²) in [7, 11) is 0. The number of aliphatic hydroxyl groups excluding tert-OH is 1. The molecule has 0 heterocycles. The van der Waals surface area contributed by atoms with Crippen LogP contribution in [0.5, 0.6) is 0 Å². The minimum Gasteiger partial charge on any atom is -0.393 e. The molecule has 3 atom stereocenters. The van der Waals surface area contributed by atoms with Crippen molar-refractivity contribution < 1.29 is 5.11 Å². The molecule has 0 radical (unpaired) electrons. The predicted octanol–water partition coefficient (Wildman–Crippen LogP) is 5.31. The van der Waals surface area contributed by atoms with E-state index >= 15 is 0 Å². The molecular weight excluding hydrogens is 220 g/mol. The summed E-state index contributed by atoms with van der Waals surface area (Å²) in [5.74, 6) is 1.52. The normalized spacial score (nSPS) is 25.5. The SMILES string of the molecule is CCCCCCCCCC(O)C1CCC(CC)C1. The maximum atomic E-state index is 10.2. The number of hydrogen-bond acceptors (Lipinski definition) is 1. The minimum absolute atomic E-state index is 0.00260. The van der Waals surface area contributed by atoms with Gasteiger partial charge >= 0.3 is 0 Å². The van der Waals surface area contributed by atoms with Gasteiger partial charge in [-0.25, -0.2) is 0 Å². The van der Waals surface area contributed by atoms with Crippen molar-refractivity contribution in [2.45, 2.75) is 97.0 Å². The average Bonchev–Trinajstić information content (AvgIpc) is 2.86. The van der Waals surface area contributed by atoms with Crippen molar-refractivity contribution in [1.29, 1.82) is 0 Å². The first kappa shape index (κ1) is 16.0. The lowest BCUT2D eigenvalue weighted by molar-refractivity contribution is 0.0966. The van der Waals surface area contributed by atoms with E-state index < -0.39 is 0 Å². The maximum absolute atomic E-state index is 10.2. The van der Waals surface area contributed by atoms with E-state index in [9.17, 15) is 5.11 Å². The molecule has 0 aromatic carbocycles. The second kappa shape index (κ2) is 9.83. The second-order valence-electron chi connectivity index (χ2n) is 6.32. The van der Waals surface area contributed by atoms with Gasteiger partial charge in [-0.3, -0.25) is 0 Å². The van der Waals surface area contributed by atoms with Gasteiger partial charge in [0.15, 0.2) is 0 Å². The Kier molecular flexibility index (Phi) is 8.75. The van der Waals surface area contributed by atoms with E-state index in [2.05, 4.69) is 13.8 Å². The van der Waals surface area contributed by atoms with Crippen LogP contribution in [0.4, 0.5) is 0 Å². The smallest absolute Gasteiger partial charge is 0.0568 e. The quantitative estimate of drug-likeness (QED) is 0.523.